The van der Waals surface area contributed by atoms with Crippen LogP contribution in [-0.4, -0.2) is 18.1 Å². The highest BCUT2D eigenvalue weighted by Crippen LogP contribution is 2.21. The Hall–Kier alpha value is -1.09. The van der Waals surface area contributed by atoms with Crippen LogP contribution >= 0.6 is 0 Å². The summed E-state index contributed by atoms with van der Waals surface area (Å²) < 4.78 is 5.08. The summed E-state index contributed by atoms with van der Waals surface area (Å²) in [6.45, 7) is 4.13. The summed E-state index contributed by atoms with van der Waals surface area (Å²) >= 11 is 0. The van der Waals surface area contributed by atoms with Crippen LogP contribution in [-0.2, 0) is 0 Å². The van der Waals surface area contributed by atoms with Gasteiger partial charge in [-0.2, -0.15) is 0 Å². The predicted octanol–water partition coefficient (Wildman–Crippen LogP) is 1.93. The molecule has 0 aromatic carbocycles. The summed E-state index contributed by atoms with van der Waals surface area (Å²) in [4.78, 5) is 4.38. The van der Waals surface area contributed by atoms with Gasteiger partial charge < -0.3 is 10.5 Å². The SMILES string of the molecule is CCC(c1cccc(OC)n1)C(C)N. The highest BCUT2D eigenvalue weighted by molar-refractivity contribution is 5.19. The molecule has 0 fully saturated rings. The maximum atomic E-state index is 5.89. The molecule has 0 aliphatic rings. The van der Waals surface area contributed by atoms with Crippen molar-refractivity contribution >= 4 is 0 Å². The third-order valence-electron chi connectivity index (χ3n) is 2.41. The van der Waals surface area contributed by atoms with E-state index in [2.05, 4.69) is 11.9 Å². The van der Waals surface area contributed by atoms with Crippen molar-refractivity contribution < 1.29 is 4.74 Å². The fraction of sp³-hybridized carbons (Fsp3) is 0.545. The Balaban J connectivity index is 2.92. The zero-order valence-corrected chi connectivity index (χ0v) is 9.03. The van der Waals surface area contributed by atoms with Crippen LogP contribution < -0.4 is 10.5 Å². The van der Waals surface area contributed by atoms with Crippen molar-refractivity contribution in [1.29, 1.82) is 0 Å². The highest BCUT2D eigenvalue weighted by atomic mass is 16.5. The molecule has 0 spiro atoms. The topological polar surface area (TPSA) is 48.1 Å². The number of methoxy groups -OCH3 is 1. The number of aromatic nitrogens is 1. The van der Waals surface area contributed by atoms with Gasteiger partial charge in [0.1, 0.15) is 0 Å². The molecule has 78 valence electrons. The second kappa shape index (κ2) is 4.96. The van der Waals surface area contributed by atoms with Crippen LogP contribution in [0.25, 0.3) is 0 Å². The second-order valence-electron chi connectivity index (χ2n) is 3.48. The molecule has 1 aromatic rings. The zero-order chi connectivity index (χ0) is 10.6. The second-order valence-corrected chi connectivity index (χ2v) is 3.48. The number of hydrogen-bond donors (Lipinski definition) is 1. The minimum absolute atomic E-state index is 0.125. The average Bonchev–Trinajstić information content (AvgIpc) is 2.19. The summed E-state index contributed by atoms with van der Waals surface area (Å²) in [5, 5.41) is 0. The first-order chi connectivity index (χ1) is 6.69. The van der Waals surface area contributed by atoms with E-state index in [1.165, 1.54) is 0 Å². The molecule has 0 radical (unpaired) electrons. The summed E-state index contributed by atoms with van der Waals surface area (Å²) in [6.07, 6.45) is 0.998. The van der Waals surface area contributed by atoms with Gasteiger partial charge in [0.05, 0.1) is 7.11 Å². The maximum Gasteiger partial charge on any atom is 0.213 e. The monoisotopic (exact) mass is 194 g/mol. The molecule has 0 bridgehead atoms. The van der Waals surface area contributed by atoms with E-state index in [0.29, 0.717) is 11.8 Å². The van der Waals surface area contributed by atoms with E-state index >= 15 is 0 Å². The molecule has 1 aromatic heterocycles. The van der Waals surface area contributed by atoms with Gasteiger partial charge in [0.25, 0.3) is 0 Å². The molecule has 0 saturated heterocycles. The Morgan fingerprint density at radius 1 is 1.50 bits per heavy atom. The van der Waals surface area contributed by atoms with Gasteiger partial charge in [-0.25, -0.2) is 4.98 Å². The fourth-order valence-electron chi connectivity index (χ4n) is 1.60. The molecular formula is C11H18N2O. The van der Waals surface area contributed by atoms with Crippen molar-refractivity contribution in [3.05, 3.63) is 23.9 Å². The summed E-state index contributed by atoms with van der Waals surface area (Å²) in [6, 6.07) is 5.92. The minimum atomic E-state index is 0.125. The molecule has 3 nitrogen and oxygen atoms in total. The van der Waals surface area contributed by atoms with E-state index in [9.17, 15) is 0 Å². The van der Waals surface area contributed by atoms with Gasteiger partial charge in [0.15, 0.2) is 0 Å². The Morgan fingerprint density at radius 2 is 2.21 bits per heavy atom. The molecular weight excluding hydrogens is 176 g/mol. The van der Waals surface area contributed by atoms with Gasteiger partial charge in [-0.05, 0) is 19.4 Å². The molecule has 3 heteroatoms. The Labute approximate surface area is 85.3 Å². The number of rotatable bonds is 4. The number of nitrogens with zero attached hydrogens (tertiary/aromatic N) is 1. The molecule has 1 rings (SSSR count). The first-order valence-corrected chi connectivity index (χ1v) is 4.95. The average molecular weight is 194 g/mol. The van der Waals surface area contributed by atoms with Gasteiger partial charge >= 0.3 is 0 Å². The van der Waals surface area contributed by atoms with Crippen LogP contribution in [0.5, 0.6) is 5.88 Å². The molecule has 2 unspecified atom stereocenters. The Morgan fingerprint density at radius 3 is 2.71 bits per heavy atom. The van der Waals surface area contributed by atoms with Crippen molar-refractivity contribution in [2.24, 2.45) is 5.73 Å². The van der Waals surface area contributed by atoms with Gasteiger partial charge in [0, 0.05) is 23.7 Å². The molecule has 2 N–H and O–H groups in total. The van der Waals surface area contributed by atoms with Crippen molar-refractivity contribution in [3.8, 4) is 5.88 Å². The summed E-state index contributed by atoms with van der Waals surface area (Å²) in [7, 11) is 1.62. The van der Waals surface area contributed by atoms with Gasteiger partial charge in [-0.1, -0.05) is 13.0 Å². The minimum Gasteiger partial charge on any atom is -0.481 e. The van der Waals surface area contributed by atoms with E-state index in [-0.39, 0.29) is 6.04 Å². The predicted molar refractivity (Wildman–Crippen MR) is 57.5 cm³/mol. The van der Waals surface area contributed by atoms with Crippen LogP contribution in [0.3, 0.4) is 0 Å². The third-order valence-corrected chi connectivity index (χ3v) is 2.41. The van der Waals surface area contributed by atoms with Crippen molar-refractivity contribution in [1.82, 2.24) is 4.98 Å². The van der Waals surface area contributed by atoms with Crippen LogP contribution in [0.4, 0.5) is 0 Å². The van der Waals surface area contributed by atoms with Crippen molar-refractivity contribution in [2.75, 3.05) is 7.11 Å². The van der Waals surface area contributed by atoms with Crippen molar-refractivity contribution in [2.45, 2.75) is 32.2 Å². The quantitative estimate of drug-likeness (QED) is 0.796. The van der Waals surface area contributed by atoms with E-state index in [4.69, 9.17) is 10.5 Å². The Bertz CT molecular complexity index is 286. The van der Waals surface area contributed by atoms with Crippen LogP contribution in [0, 0.1) is 0 Å². The molecule has 0 saturated carbocycles. The molecule has 0 amide bonds. The lowest BCUT2D eigenvalue weighted by Crippen LogP contribution is -2.25. The van der Waals surface area contributed by atoms with Gasteiger partial charge in [-0.3, -0.25) is 0 Å². The smallest absolute Gasteiger partial charge is 0.213 e. The van der Waals surface area contributed by atoms with E-state index in [0.717, 1.165) is 12.1 Å². The lowest BCUT2D eigenvalue weighted by molar-refractivity contribution is 0.393. The summed E-state index contributed by atoms with van der Waals surface area (Å²) in [5.74, 6) is 0.965. The number of nitrogens with two attached hydrogens (primary N) is 1. The highest BCUT2D eigenvalue weighted by Gasteiger charge is 2.15. The zero-order valence-electron chi connectivity index (χ0n) is 9.03. The number of hydrogen-bond acceptors (Lipinski definition) is 3. The van der Waals surface area contributed by atoms with E-state index < -0.39 is 0 Å². The Kier molecular flexibility index (Phi) is 3.89. The van der Waals surface area contributed by atoms with Crippen LogP contribution in [0.1, 0.15) is 31.9 Å². The van der Waals surface area contributed by atoms with Crippen LogP contribution in [0.15, 0.2) is 18.2 Å². The molecule has 1 heterocycles. The first kappa shape index (κ1) is 11.0. The van der Waals surface area contributed by atoms with Crippen LogP contribution in [0.2, 0.25) is 0 Å². The molecule has 0 aliphatic heterocycles. The lowest BCUT2D eigenvalue weighted by Gasteiger charge is -2.18. The van der Waals surface area contributed by atoms with E-state index in [1.54, 1.807) is 7.11 Å². The fourth-order valence-corrected chi connectivity index (χ4v) is 1.60. The number of ether oxygens (including phenoxy) is 1. The van der Waals surface area contributed by atoms with Crippen molar-refractivity contribution in [3.63, 3.8) is 0 Å². The van der Waals surface area contributed by atoms with Gasteiger partial charge in [0.2, 0.25) is 5.88 Å². The molecule has 0 aliphatic carbocycles. The third kappa shape index (κ3) is 2.45. The maximum absolute atomic E-state index is 5.89. The molecule has 2 atom stereocenters. The van der Waals surface area contributed by atoms with Gasteiger partial charge in [-0.15, -0.1) is 0 Å². The molecule has 14 heavy (non-hydrogen) atoms. The summed E-state index contributed by atoms with van der Waals surface area (Å²) in [5.41, 5.74) is 6.91. The lowest BCUT2D eigenvalue weighted by atomic mass is 9.95. The normalized spacial score (nSPS) is 14.9. The first-order valence-electron chi connectivity index (χ1n) is 4.95. The largest absolute Gasteiger partial charge is 0.481 e. The van der Waals surface area contributed by atoms with E-state index in [1.807, 2.05) is 25.1 Å². The standard InChI is InChI=1S/C11H18N2O/c1-4-9(8(2)12)10-6-5-7-11(13-10)14-3/h5-9H,4,12H2,1-3H3. The number of pyridine rings is 1.